The molecule has 6 nitrogen and oxygen atoms in total. The fraction of sp³-hybridized carbons (Fsp3) is 0.231. The maximum Gasteiger partial charge on any atom is 0.277 e. The Morgan fingerprint density at radius 3 is 2.86 bits per heavy atom. The highest BCUT2D eigenvalue weighted by molar-refractivity contribution is 7.99. The fourth-order valence-electron chi connectivity index (χ4n) is 1.68. The van der Waals surface area contributed by atoms with Crippen LogP contribution < -0.4 is 0 Å². The monoisotopic (exact) mass is 322 g/mol. The molecule has 0 fully saturated rings. The summed E-state index contributed by atoms with van der Waals surface area (Å²) < 4.78 is 10.7. The maximum absolute atomic E-state index is 5.95. The van der Waals surface area contributed by atoms with E-state index in [0.29, 0.717) is 27.9 Å². The van der Waals surface area contributed by atoms with Gasteiger partial charge >= 0.3 is 0 Å². The van der Waals surface area contributed by atoms with Crippen molar-refractivity contribution in [3.63, 3.8) is 0 Å². The molecule has 1 atom stereocenters. The molecule has 0 aliphatic carbocycles. The van der Waals surface area contributed by atoms with Crippen LogP contribution in [-0.4, -0.2) is 20.3 Å². The van der Waals surface area contributed by atoms with Gasteiger partial charge in [0.25, 0.3) is 5.22 Å². The zero-order valence-corrected chi connectivity index (χ0v) is 12.9. The molecule has 0 aliphatic heterocycles. The van der Waals surface area contributed by atoms with Crippen LogP contribution in [-0.2, 0) is 0 Å². The topological polar surface area (TPSA) is 77.8 Å². The molecule has 3 rings (SSSR count). The summed E-state index contributed by atoms with van der Waals surface area (Å²) in [6, 6.07) is 7.25. The molecule has 8 heteroatoms. The van der Waals surface area contributed by atoms with Crippen LogP contribution in [0.5, 0.6) is 0 Å². The minimum Gasteiger partial charge on any atom is -0.411 e. The molecule has 21 heavy (non-hydrogen) atoms. The van der Waals surface area contributed by atoms with Crippen LogP contribution in [0, 0.1) is 6.92 Å². The van der Waals surface area contributed by atoms with Gasteiger partial charge in [0.2, 0.25) is 11.8 Å². The lowest BCUT2D eigenvalue weighted by atomic mass is 10.2. The Labute approximate surface area is 129 Å². The van der Waals surface area contributed by atoms with Crippen LogP contribution in [0.25, 0.3) is 11.5 Å². The molecule has 2 aromatic heterocycles. The molecule has 0 amide bonds. The number of rotatable bonds is 4. The quantitative estimate of drug-likeness (QED) is 0.673. The van der Waals surface area contributed by atoms with Crippen LogP contribution in [0.1, 0.15) is 23.9 Å². The van der Waals surface area contributed by atoms with Crippen LogP contribution in [0.2, 0.25) is 5.02 Å². The highest BCUT2D eigenvalue weighted by atomic mass is 35.5. The molecule has 2 heterocycles. The molecule has 1 unspecified atom stereocenters. The second kappa shape index (κ2) is 5.87. The molecule has 0 saturated heterocycles. The lowest BCUT2D eigenvalue weighted by Gasteiger charge is -2.00. The first-order valence-electron chi connectivity index (χ1n) is 6.18. The standard InChI is InChI=1S/C13H11ClN4O2S/c1-7(11-15-8(2)18-20-11)21-13-17-16-12(19-13)9-4-3-5-10(14)6-9/h3-7H,1-2H3. The Bertz CT molecular complexity index is 758. The third kappa shape index (κ3) is 3.25. The van der Waals surface area contributed by atoms with Gasteiger partial charge in [-0.15, -0.1) is 10.2 Å². The molecular weight excluding hydrogens is 312 g/mol. The van der Waals surface area contributed by atoms with E-state index in [0.717, 1.165) is 5.56 Å². The Balaban J connectivity index is 1.76. The van der Waals surface area contributed by atoms with E-state index in [-0.39, 0.29) is 5.25 Å². The van der Waals surface area contributed by atoms with Gasteiger partial charge in [-0.1, -0.05) is 34.6 Å². The Morgan fingerprint density at radius 2 is 2.14 bits per heavy atom. The zero-order chi connectivity index (χ0) is 14.8. The lowest BCUT2D eigenvalue weighted by Crippen LogP contribution is -1.88. The number of halogens is 1. The van der Waals surface area contributed by atoms with E-state index < -0.39 is 0 Å². The van der Waals surface area contributed by atoms with Crippen molar-refractivity contribution >= 4 is 23.4 Å². The normalized spacial score (nSPS) is 12.5. The van der Waals surface area contributed by atoms with Crippen molar-refractivity contribution in [1.82, 2.24) is 20.3 Å². The number of nitrogens with zero attached hydrogens (tertiary/aromatic N) is 4. The van der Waals surface area contributed by atoms with Crippen molar-refractivity contribution in [2.75, 3.05) is 0 Å². The van der Waals surface area contributed by atoms with Crippen LogP contribution in [0.4, 0.5) is 0 Å². The maximum atomic E-state index is 5.95. The molecular formula is C13H11ClN4O2S. The molecule has 0 aliphatic rings. The second-order valence-electron chi connectivity index (χ2n) is 4.32. The summed E-state index contributed by atoms with van der Waals surface area (Å²) >= 11 is 7.31. The summed E-state index contributed by atoms with van der Waals surface area (Å²) in [5.74, 6) is 1.55. The van der Waals surface area contributed by atoms with Crippen molar-refractivity contribution in [2.24, 2.45) is 0 Å². The summed E-state index contributed by atoms with van der Waals surface area (Å²) in [6.45, 7) is 3.70. The van der Waals surface area contributed by atoms with Gasteiger partial charge in [-0.05, 0) is 32.0 Å². The lowest BCUT2D eigenvalue weighted by molar-refractivity contribution is 0.375. The average molecular weight is 323 g/mol. The number of aryl methyl sites for hydroxylation is 1. The molecule has 0 saturated carbocycles. The van der Waals surface area contributed by atoms with Crippen LogP contribution >= 0.6 is 23.4 Å². The van der Waals surface area contributed by atoms with Crippen molar-refractivity contribution < 1.29 is 8.94 Å². The van der Waals surface area contributed by atoms with E-state index in [1.54, 1.807) is 19.1 Å². The molecule has 0 radical (unpaired) electrons. The number of aromatic nitrogens is 4. The summed E-state index contributed by atoms with van der Waals surface area (Å²) in [7, 11) is 0. The third-order valence-electron chi connectivity index (χ3n) is 2.65. The number of thioether (sulfide) groups is 1. The van der Waals surface area contributed by atoms with Crippen LogP contribution in [0.3, 0.4) is 0 Å². The highest BCUT2D eigenvalue weighted by Gasteiger charge is 2.18. The van der Waals surface area contributed by atoms with Crippen molar-refractivity contribution in [1.29, 1.82) is 0 Å². The first-order chi connectivity index (χ1) is 10.1. The third-order valence-corrected chi connectivity index (χ3v) is 3.80. The predicted molar refractivity (Wildman–Crippen MR) is 78.1 cm³/mol. The molecule has 0 bridgehead atoms. The average Bonchev–Trinajstić information content (AvgIpc) is 3.08. The fourth-order valence-corrected chi connectivity index (χ4v) is 2.58. The molecule has 108 valence electrons. The number of hydrogen-bond donors (Lipinski definition) is 0. The molecule has 0 spiro atoms. The van der Waals surface area contributed by atoms with Gasteiger partial charge in [-0.25, -0.2) is 0 Å². The summed E-state index contributed by atoms with van der Waals surface area (Å²) in [4.78, 5) is 4.18. The van der Waals surface area contributed by atoms with E-state index in [1.165, 1.54) is 11.8 Å². The van der Waals surface area contributed by atoms with Gasteiger partial charge in [-0.3, -0.25) is 0 Å². The minimum absolute atomic E-state index is 0.0705. The van der Waals surface area contributed by atoms with E-state index in [9.17, 15) is 0 Å². The van der Waals surface area contributed by atoms with E-state index in [4.69, 9.17) is 20.5 Å². The number of benzene rings is 1. The zero-order valence-electron chi connectivity index (χ0n) is 11.3. The Kier molecular flexibility index (Phi) is 3.94. The van der Waals surface area contributed by atoms with Crippen molar-refractivity contribution in [3.05, 3.63) is 41.0 Å². The van der Waals surface area contributed by atoms with Gasteiger partial charge in [0.1, 0.15) is 0 Å². The first kappa shape index (κ1) is 14.1. The molecule has 1 aromatic carbocycles. The van der Waals surface area contributed by atoms with Crippen molar-refractivity contribution in [3.8, 4) is 11.5 Å². The van der Waals surface area contributed by atoms with E-state index in [1.807, 2.05) is 19.1 Å². The summed E-state index contributed by atoms with van der Waals surface area (Å²) in [5, 5.41) is 12.8. The van der Waals surface area contributed by atoms with Crippen LogP contribution in [0.15, 0.2) is 38.4 Å². The Hall–Kier alpha value is -1.86. The largest absolute Gasteiger partial charge is 0.411 e. The SMILES string of the molecule is Cc1noc(C(C)Sc2nnc(-c3cccc(Cl)c3)o2)n1. The Morgan fingerprint density at radius 1 is 1.29 bits per heavy atom. The summed E-state index contributed by atoms with van der Waals surface area (Å²) in [5.41, 5.74) is 0.781. The van der Waals surface area contributed by atoms with Gasteiger partial charge in [-0.2, -0.15) is 4.98 Å². The van der Waals surface area contributed by atoms with Crippen molar-refractivity contribution in [2.45, 2.75) is 24.3 Å². The first-order valence-corrected chi connectivity index (χ1v) is 7.44. The molecule has 0 N–H and O–H groups in total. The second-order valence-corrected chi connectivity index (χ2v) is 6.05. The van der Waals surface area contributed by atoms with Gasteiger partial charge in [0, 0.05) is 10.6 Å². The minimum atomic E-state index is -0.0705. The molecule has 3 aromatic rings. The van der Waals surface area contributed by atoms with E-state index in [2.05, 4.69) is 20.3 Å². The van der Waals surface area contributed by atoms with E-state index >= 15 is 0 Å². The predicted octanol–water partition coefficient (Wildman–Crippen LogP) is 3.93. The van der Waals surface area contributed by atoms with Gasteiger partial charge < -0.3 is 8.94 Å². The van der Waals surface area contributed by atoms with Gasteiger partial charge in [0.15, 0.2) is 5.82 Å². The summed E-state index contributed by atoms with van der Waals surface area (Å²) in [6.07, 6.45) is 0. The number of hydrogen-bond acceptors (Lipinski definition) is 7. The van der Waals surface area contributed by atoms with Gasteiger partial charge in [0.05, 0.1) is 5.25 Å². The smallest absolute Gasteiger partial charge is 0.277 e. The highest BCUT2D eigenvalue weighted by Crippen LogP contribution is 2.34.